The molecule has 1 aliphatic rings. The molecule has 1 fully saturated rings. The minimum absolute atomic E-state index is 0.170. The summed E-state index contributed by atoms with van der Waals surface area (Å²) in [5.74, 6) is -0.370. The molecule has 0 bridgehead atoms. The molecule has 1 saturated carbocycles. The van der Waals surface area contributed by atoms with Crippen molar-refractivity contribution >= 4 is 5.97 Å². The second-order valence-corrected chi connectivity index (χ2v) is 13.7. The van der Waals surface area contributed by atoms with Gasteiger partial charge in [-0.3, -0.25) is 4.79 Å². The molecule has 0 radical (unpaired) electrons. The van der Waals surface area contributed by atoms with Gasteiger partial charge in [0.15, 0.2) is 6.10 Å². The van der Waals surface area contributed by atoms with Crippen LogP contribution >= 0.6 is 0 Å². The Balaban J connectivity index is 1.37. The van der Waals surface area contributed by atoms with Crippen LogP contribution in [-0.2, 0) is 43.6 Å². The molecule has 6 atom stereocenters. The molecule has 4 rings (SSSR count). The van der Waals surface area contributed by atoms with Crippen molar-refractivity contribution in [3.8, 4) is 0 Å². The summed E-state index contributed by atoms with van der Waals surface area (Å²) in [6, 6.07) is 28.9. The third kappa shape index (κ3) is 13.9. The van der Waals surface area contributed by atoms with Crippen molar-refractivity contribution < 1.29 is 34.0 Å². The van der Waals surface area contributed by atoms with E-state index in [9.17, 15) is 15.0 Å². The van der Waals surface area contributed by atoms with Crippen molar-refractivity contribution in [1.82, 2.24) is 0 Å². The van der Waals surface area contributed by atoms with Gasteiger partial charge in [-0.15, -0.1) is 0 Å². The second-order valence-electron chi connectivity index (χ2n) is 13.7. The van der Waals surface area contributed by atoms with Crippen molar-refractivity contribution in [2.24, 2.45) is 0 Å². The smallest absolute Gasteiger partial charge is 0.306 e. The highest BCUT2D eigenvalue weighted by atomic mass is 16.6. The van der Waals surface area contributed by atoms with E-state index in [0.717, 1.165) is 36.0 Å². The number of hydrogen-bond acceptors (Lipinski definition) is 7. The maximum absolute atomic E-state index is 13.4. The van der Waals surface area contributed by atoms with E-state index in [2.05, 4.69) is 6.92 Å². The monoisotopic (exact) mass is 688 g/mol. The summed E-state index contributed by atoms with van der Waals surface area (Å²) in [4.78, 5) is 13.4. The van der Waals surface area contributed by atoms with E-state index in [1.807, 2.05) is 91.0 Å². The number of ether oxygens (including phenoxy) is 4. The summed E-state index contributed by atoms with van der Waals surface area (Å²) in [5, 5.41) is 22.9. The Labute approximate surface area is 300 Å². The largest absolute Gasteiger partial charge is 0.457 e. The van der Waals surface area contributed by atoms with E-state index in [1.54, 1.807) is 0 Å². The summed E-state index contributed by atoms with van der Waals surface area (Å²) in [6.45, 7) is 2.82. The Hall–Kier alpha value is -3.07. The quantitative estimate of drug-likeness (QED) is 0.0717. The zero-order chi connectivity index (χ0) is 35.2. The van der Waals surface area contributed by atoms with Crippen molar-refractivity contribution in [1.29, 1.82) is 0 Å². The van der Waals surface area contributed by atoms with Gasteiger partial charge in [-0.25, -0.2) is 0 Å². The van der Waals surface area contributed by atoms with Gasteiger partial charge in [-0.2, -0.15) is 0 Å². The van der Waals surface area contributed by atoms with E-state index in [4.69, 9.17) is 18.9 Å². The van der Waals surface area contributed by atoms with Crippen molar-refractivity contribution in [2.75, 3.05) is 0 Å². The lowest BCUT2D eigenvalue weighted by molar-refractivity contribution is -0.267. The van der Waals surface area contributed by atoms with E-state index in [0.29, 0.717) is 0 Å². The first-order chi connectivity index (χ1) is 24.6. The highest BCUT2D eigenvalue weighted by Gasteiger charge is 2.54. The minimum atomic E-state index is -1.37. The molecule has 0 aliphatic heterocycles. The van der Waals surface area contributed by atoms with Crippen LogP contribution in [0.25, 0.3) is 0 Å². The molecule has 274 valence electrons. The lowest BCUT2D eigenvalue weighted by atomic mass is 9.84. The van der Waals surface area contributed by atoms with Crippen LogP contribution in [0, 0.1) is 0 Å². The maximum atomic E-state index is 13.4. The van der Waals surface area contributed by atoms with Crippen LogP contribution in [0.4, 0.5) is 0 Å². The molecule has 3 aromatic rings. The van der Waals surface area contributed by atoms with Crippen LogP contribution in [0.3, 0.4) is 0 Å². The van der Waals surface area contributed by atoms with Gasteiger partial charge in [0.05, 0.1) is 19.8 Å². The molecule has 2 N–H and O–H groups in total. The van der Waals surface area contributed by atoms with Crippen LogP contribution in [0.2, 0.25) is 0 Å². The Bertz CT molecular complexity index is 1290. The molecular weight excluding hydrogens is 628 g/mol. The zero-order valence-corrected chi connectivity index (χ0v) is 30.1. The molecule has 0 spiro atoms. The molecule has 0 heterocycles. The van der Waals surface area contributed by atoms with Crippen molar-refractivity contribution in [2.45, 2.75) is 153 Å². The molecular formula is C43H60O7. The Kier molecular flexibility index (Phi) is 18.6. The fourth-order valence-corrected chi connectivity index (χ4v) is 6.66. The summed E-state index contributed by atoms with van der Waals surface area (Å²) < 4.78 is 25.1. The van der Waals surface area contributed by atoms with E-state index in [-0.39, 0.29) is 32.2 Å². The van der Waals surface area contributed by atoms with Crippen molar-refractivity contribution in [3.63, 3.8) is 0 Å². The number of aliphatic hydroxyl groups is 2. The van der Waals surface area contributed by atoms with E-state index in [1.165, 1.54) is 64.2 Å². The highest BCUT2D eigenvalue weighted by molar-refractivity contribution is 5.69. The third-order valence-electron chi connectivity index (χ3n) is 9.60. The lowest BCUT2D eigenvalue weighted by Crippen LogP contribution is -2.66. The van der Waals surface area contributed by atoms with Crippen molar-refractivity contribution in [3.05, 3.63) is 108 Å². The molecule has 3 aromatic carbocycles. The predicted octanol–water partition coefficient (Wildman–Crippen LogP) is 8.87. The standard InChI is InChI=1S/C43H60O7/c1-2-3-4-5-6-7-8-9-10-11-12-13-23-30-37(44)50-43-41(48-32-35-26-19-15-20-27-35)39(46)38(45)40(47-31-34-24-17-14-18-25-34)42(43)49-33-36-28-21-16-22-29-36/h14-22,24-29,38-43,45-46H,2-13,23,30-33H2,1H3/t38-,39-,40+,41+,42+,43-/m0/s1. The number of esters is 1. The molecule has 0 saturated heterocycles. The zero-order valence-electron chi connectivity index (χ0n) is 30.1. The summed E-state index contributed by atoms with van der Waals surface area (Å²) in [6.07, 6.45) is 9.55. The summed E-state index contributed by atoms with van der Waals surface area (Å²) in [7, 11) is 0. The number of carbonyl (C=O) groups is 1. The first kappa shape index (κ1) is 39.7. The van der Waals surface area contributed by atoms with Crippen LogP contribution in [0.1, 0.15) is 114 Å². The average Bonchev–Trinajstić information content (AvgIpc) is 3.15. The number of unbranched alkanes of at least 4 members (excludes halogenated alkanes) is 12. The Morgan fingerprint density at radius 2 is 0.820 bits per heavy atom. The molecule has 7 nitrogen and oxygen atoms in total. The molecule has 7 heteroatoms. The highest BCUT2D eigenvalue weighted by Crippen LogP contribution is 2.32. The topological polar surface area (TPSA) is 94.5 Å². The Morgan fingerprint density at radius 1 is 0.480 bits per heavy atom. The van der Waals surface area contributed by atoms with Crippen LogP contribution in [-0.4, -0.2) is 52.8 Å². The van der Waals surface area contributed by atoms with Gasteiger partial charge in [0.25, 0.3) is 0 Å². The predicted molar refractivity (Wildman–Crippen MR) is 197 cm³/mol. The van der Waals surface area contributed by atoms with E-state index >= 15 is 0 Å². The van der Waals surface area contributed by atoms with Gasteiger partial charge >= 0.3 is 5.97 Å². The molecule has 0 unspecified atom stereocenters. The second kappa shape index (κ2) is 23.4. The van der Waals surface area contributed by atoms with Gasteiger partial charge in [0, 0.05) is 6.42 Å². The van der Waals surface area contributed by atoms with Crippen LogP contribution in [0.15, 0.2) is 91.0 Å². The summed E-state index contributed by atoms with van der Waals surface area (Å²) >= 11 is 0. The average molecular weight is 689 g/mol. The molecule has 0 aromatic heterocycles. The van der Waals surface area contributed by atoms with Crippen LogP contribution in [0.5, 0.6) is 0 Å². The lowest BCUT2D eigenvalue weighted by Gasteiger charge is -2.46. The first-order valence-electron chi connectivity index (χ1n) is 19.1. The Morgan fingerprint density at radius 3 is 1.22 bits per heavy atom. The normalized spacial score (nSPS) is 22.0. The summed E-state index contributed by atoms with van der Waals surface area (Å²) in [5.41, 5.74) is 2.73. The van der Waals surface area contributed by atoms with Gasteiger partial charge in [-0.1, -0.05) is 175 Å². The molecule has 1 aliphatic carbocycles. The third-order valence-corrected chi connectivity index (χ3v) is 9.60. The van der Waals surface area contributed by atoms with Gasteiger partial charge in [0.1, 0.15) is 30.5 Å². The maximum Gasteiger partial charge on any atom is 0.306 e. The molecule has 50 heavy (non-hydrogen) atoms. The molecule has 0 amide bonds. The van der Waals surface area contributed by atoms with Gasteiger partial charge in [-0.05, 0) is 23.1 Å². The number of aliphatic hydroxyl groups excluding tert-OH is 2. The SMILES string of the molecule is CCCCCCCCCCCCCCCC(=O)O[C@@H]1[C@H](OCc2ccccc2)[C@H](OCc2ccccc2)[C@@H](O)[C@H](O)[C@H]1OCc1ccccc1. The fourth-order valence-electron chi connectivity index (χ4n) is 6.66. The number of benzene rings is 3. The van der Waals surface area contributed by atoms with Crippen LogP contribution < -0.4 is 0 Å². The van der Waals surface area contributed by atoms with E-state index < -0.39 is 36.6 Å². The number of hydrogen-bond donors (Lipinski definition) is 2. The van der Waals surface area contributed by atoms with Gasteiger partial charge < -0.3 is 29.2 Å². The number of rotatable bonds is 24. The first-order valence-corrected chi connectivity index (χ1v) is 19.1. The number of carbonyl (C=O) groups excluding carboxylic acids is 1. The van der Waals surface area contributed by atoms with Gasteiger partial charge in [0.2, 0.25) is 0 Å². The minimum Gasteiger partial charge on any atom is -0.457 e. The fraction of sp³-hybridized carbons (Fsp3) is 0.558.